The molecule has 0 aliphatic carbocycles. The van der Waals surface area contributed by atoms with Crippen molar-refractivity contribution < 1.29 is 57.8 Å². The first-order valence-corrected chi connectivity index (χ1v) is 36.6. The van der Waals surface area contributed by atoms with Crippen molar-refractivity contribution >= 4 is 65.0 Å². The van der Waals surface area contributed by atoms with E-state index >= 15 is 0 Å². The number of nitrogens with one attached hydrogen (secondary N) is 10. The largest absolute Gasteiger partial charge is 0.480 e. The lowest BCUT2D eigenvalue weighted by molar-refractivity contribution is -0.142. The van der Waals surface area contributed by atoms with E-state index in [1.54, 1.807) is 67.6 Å². The number of rotatable bonds is 55. The highest BCUT2D eigenvalue weighted by Gasteiger charge is 2.38. The van der Waals surface area contributed by atoms with Crippen molar-refractivity contribution in [3.63, 3.8) is 0 Å². The second-order valence-electron chi connectivity index (χ2n) is 27.2. The van der Waals surface area contributed by atoms with Gasteiger partial charge in [0.2, 0.25) is 59.1 Å². The van der Waals surface area contributed by atoms with Gasteiger partial charge in [-0.25, -0.2) is 4.79 Å². The fourth-order valence-electron chi connectivity index (χ4n) is 11.4. The molecule has 0 aromatic heterocycles. The number of carboxylic acids is 1. The highest BCUT2D eigenvalue weighted by atomic mass is 16.4. The number of hydrogen-bond donors (Lipinski definition) is 18. The zero-order valence-electron chi connectivity index (χ0n) is 60.8. The van der Waals surface area contributed by atoms with Gasteiger partial charge in [-0.1, -0.05) is 115 Å². The molecule has 0 bridgehead atoms. The molecule has 0 fully saturated rings. The van der Waals surface area contributed by atoms with Crippen LogP contribution in [0.25, 0.3) is 0 Å². The Morgan fingerprint density at radius 3 is 0.901 bits per heavy atom. The molecule has 570 valence electrons. The Morgan fingerprint density at radius 1 is 0.327 bits per heavy atom. The Morgan fingerprint density at radius 2 is 0.584 bits per heavy atom. The van der Waals surface area contributed by atoms with E-state index in [9.17, 15) is 57.8 Å². The SMILES string of the molecule is CC[C@H](C)[C@H](NC(=O)[C@H](CCCCN)NC(=O)[C@H](CCCCN)NC(=O)[C@H](Cc1ccccc1)NC(=O)[C@H](CC(C)C)NC(=O)[C@H](CCCCN)NC(=O)[C@@H](N)CCCCN)C(=O)N[C@@H](CCCCN)C(=O)N[C@@H](CCCCN)C(=O)N[C@@H](Cc1ccccc1)C(=O)N[C@@H](CC(C)C)C(=O)O. The summed E-state index contributed by atoms with van der Waals surface area (Å²) in [5.41, 5.74) is 42.5. The number of nitrogens with two attached hydrogens (primary N) is 7. The van der Waals surface area contributed by atoms with E-state index in [0.717, 1.165) is 0 Å². The molecule has 101 heavy (non-hydrogen) atoms. The van der Waals surface area contributed by atoms with E-state index < -0.39 is 137 Å². The van der Waals surface area contributed by atoms with Gasteiger partial charge in [0.1, 0.15) is 60.4 Å². The first kappa shape index (κ1) is 89.4. The Balaban J connectivity index is 2.58. The smallest absolute Gasteiger partial charge is 0.326 e. The number of carboxylic acid groups (broad SMARTS) is 1. The molecular weight excluding hydrogens is 1290 g/mol. The van der Waals surface area contributed by atoms with E-state index in [-0.39, 0.29) is 95.8 Å². The van der Waals surface area contributed by atoms with Crippen LogP contribution in [0.3, 0.4) is 0 Å². The van der Waals surface area contributed by atoms with Gasteiger partial charge < -0.3 is 98.4 Å². The van der Waals surface area contributed by atoms with Crippen LogP contribution in [-0.4, -0.2) is 176 Å². The van der Waals surface area contributed by atoms with Crippen molar-refractivity contribution in [2.24, 2.45) is 57.9 Å². The van der Waals surface area contributed by atoms with Crippen molar-refractivity contribution in [1.29, 1.82) is 0 Å². The van der Waals surface area contributed by atoms with Crippen molar-refractivity contribution in [3.8, 4) is 0 Å². The standard InChI is InChI=1S/C72H125N17O12/c1-7-48(6)61(71(99)84-55(34-18-24-40-77)64(92)81-54(33-17-23-39-76)66(94)86-59(45-50-28-12-9-13-29-50)70(98)88-60(72(100)101)43-47(4)5)89-67(95)56(35-19-25-41-78)82-63(91)53(32-16-22-38-75)83-69(97)58(44-49-26-10-8-11-27-49)87-68(96)57(42-46(2)3)85-65(93)52(31-15-21-37-74)80-62(90)51(79)30-14-20-36-73/h8-13,26-29,46-48,51-61H,7,14-25,30-45,73-79H2,1-6H3,(H,80,90)(H,81,92)(H,82,91)(H,83,97)(H,84,99)(H,85,93)(H,86,94)(H,87,96)(H,88,98)(H,89,95)(H,100,101)/t48-,51-,52-,53-,54-,55-,56-,57-,58-,59-,60-,61-/m0/s1. The first-order valence-electron chi connectivity index (χ1n) is 36.6. The lowest BCUT2D eigenvalue weighted by Crippen LogP contribution is -2.61. The fourth-order valence-corrected chi connectivity index (χ4v) is 11.4. The lowest BCUT2D eigenvalue weighted by Gasteiger charge is -2.30. The minimum atomic E-state index is -1.32. The first-order chi connectivity index (χ1) is 48.3. The number of amides is 10. The number of benzene rings is 2. The lowest BCUT2D eigenvalue weighted by atomic mass is 9.96. The minimum absolute atomic E-state index is 0.0160. The fraction of sp³-hybridized carbons (Fsp3) is 0.681. The van der Waals surface area contributed by atoms with Gasteiger partial charge in [0.25, 0.3) is 0 Å². The van der Waals surface area contributed by atoms with Crippen molar-refractivity contribution in [2.75, 3.05) is 39.3 Å². The summed E-state index contributed by atoms with van der Waals surface area (Å²) in [6.07, 6.45) is 6.95. The Labute approximate surface area is 598 Å². The summed E-state index contributed by atoms with van der Waals surface area (Å²) in [7, 11) is 0. The van der Waals surface area contributed by atoms with E-state index in [1.165, 1.54) is 0 Å². The maximum atomic E-state index is 14.8. The zero-order chi connectivity index (χ0) is 75.2. The van der Waals surface area contributed by atoms with E-state index in [4.69, 9.17) is 40.1 Å². The molecular formula is C72H125N17O12. The predicted molar refractivity (Wildman–Crippen MR) is 391 cm³/mol. The molecule has 10 amide bonds. The van der Waals surface area contributed by atoms with Crippen LogP contribution in [0.1, 0.15) is 188 Å². The average molecular weight is 1420 g/mol. The maximum Gasteiger partial charge on any atom is 0.326 e. The van der Waals surface area contributed by atoms with Gasteiger partial charge in [-0.15, -0.1) is 0 Å². The van der Waals surface area contributed by atoms with Gasteiger partial charge in [0.05, 0.1) is 6.04 Å². The molecule has 0 spiro atoms. The van der Waals surface area contributed by atoms with Crippen LogP contribution in [0.15, 0.2) is 60.7 Å². The number of carbonyl (C=O) groups is 11. The number of aliphatic carboxylic acids is 1. The van der Waals surface area contributed by atoms with Crippen molar-refractivity contribution in [1.82, 2.24) is 53.2 Å². The maximum absolute atomic E-state index is 14.8. The summed E-state index contributed by atoms with van der Waals surface area (Å²) in [5, 5.41) is 38.0. The molecule has 2 rings (SSSR count). The molecule has 0 radical (unpaired) electrons. The second-order valence-corrected chi connectivity index (χ2v) is 27.2. The summed E-state index contributed by atoms with van der Waals surface area (Å²) >= 11 is 0. The number of unbranched alkanes of at least 4 members (excludes halogenated alkanes) is 6. The monoisotopic (exact) mass is 1420 g/mol. The second kappa shape index (κ2) is 51.5. The van der Waals surface area contributed by atoms with Crippen molar-refractivity contribution in [3.05, 3.63) is 71.8 Å². The Hall–Kier alpha value is -7.67. The third-order valence-electron chi connectivity index (χ3n) is 17.5. The molecule has 29 nitrogen and oxygen atoms in total. The molecule has 0 saturated carbocycles. The highest BCUT2D eigenvalue weighted by molar-refractivity contribution is 5.99. The highest BCUT2D eigenvalue weighted by Crippen LogP contribution is 2.17. The van der Waals surface area contributed by atoms with Crippen LogP contribution in [0.5, 0.6) is 0 Å². The number of carbonyl (C=O) groups excluding carboxylic acids is 10. The van der Waals surface area contributed by atoms with E-state index in [1.807, 2.05) is 34.6 Å². The third kappa shape index (κ3) is 36.2. The topological polar surface area (TPSA) is 510 Å². The zero-order valence-corrected chi connectivity index (χ0v) is 60.8. The van der Waals surface area contributed by atoms with Gasteiger partial charge in [-0.05, 0) is 190 Å². The Kier molecular flexibility index (Phi) is 45.6. The predicted octanol–water partition coefficient (Wildman–Crippen LogP) is 0.644. The number of hydrogen-bond acceptors (Lipinski definition) is 18. The molecule has 29 heteroatoms. The van der Waals surface area contributed by atoms with Crippen LogP contribution in [0, 0.1) is 17.8 Å². The summed E-state index contributed by atoms with van der Waals surface area (Å²) in [6, 6.07) is 4.23. The average Bonchev–Trinajstić information content (AvgIpc) is 0.859. The summed E-state index contributed by atoms with van der Waals surface area (Å²) in [6.45, 7) is 12.7. The van der Waals surface area contributed by atoms with E-state index in [2.05, 4.69) is 53.2 Å². The van der Waals surface area contributed by atoms with Crippen molar-refractivity contribution in [2.45, 2.75) is 256 Å². The summed E-state index contributed by atoms with van der Waals surface area (Å²) in [5.74, 6) is -9.15. The third-order valence-corrected chi connectivity index (χ3v) is 17.5. The molecule has 12 atom stereocenters. The van der Waals surface area contributed by atoms with Gasteiger partial charge in [0, 0.05) is 12.8 Å². The summed E-state index contributed by atoms with van der Waals surface area (Å²) in [4.78, 5) is 157. The van der Waals surface area contributed by atoms with Crippen LogP contribution in [0.4, 0.5) is 0 Å². The molecule has 2 aromatic rings. The van der Waals surface area contributed by atoms with E-state index in [0.29, 0.717) is 114 Å². The molecule has 25 N–H and O–H groups in total. The quantitative estimate of drug-likeness (QED) is 0.0404. The molecule has 0 heterocycles. The molecule has 0 unspecified atom stereocenters. The van der Waals surface area contributed by atoms with Crippen LogP contribution in [-0.2, 0) is 65.6 Å². The molecule has 0 aliphatic rings. The van der Waals surface area contributed by atoms with Gasteiger partial charge in [-0.3, -0.25) is 47.9 Å². The molecule has 0 saturated heterocycles. The Bertz CT molecular complexity index is 2790. The summed E-state index contributed by atoms with van der Waals surface area (Å²) < 4.78 is 0. The van der Waals surface area contributed by atoms with Crippen LogP contribution in [0.2, 0.25) is 0 Å². The van der Waals surface area contributed by atoms with Gasteiger partial charge >= 0.3 is 5.97 Å². The van der Waals surface area contributed by atoms with Crippen LogP contribution >= 0.6 is 0 Å². The normalized spacial score (nSPS) is 14.9. The van der Waals surface area contributed by atoms with Crippen LogP contribution < -0.4 is 93.3 Å². The minimum Gasteiger partial charge on any atom is -0.480 e. The molecule has 2 aromatic carbocycles. The van der Waals surface area contributed by atoms with Gasteiger partial charge in [-0.2, -0.15) is 0 Å². The van der Waals surface area contributed by atoms with Gasteiger partial charge in [0.15, 0.2) is 0 Å². The molecule has 0 aliphatic heterocycles.